The summed E-state index contributed by atoms with van der Waals surface area (Å²) in [7, 11) is 4.70. The molecular formula is C20H43BrClN. The highest BCUT2D eigenvalue weighted by atomic mass is 79.9. The van der Waals surface area contributed by atoms with Crippen LogP contribution in [0.25, 0.3) is 0 Å². The first-order chi connectivity index (χ1) is 10.6. The molecule has 0 aliphatic rings. The van der Waals surface area contributed by atoms with Gasteiger partial charge in [0.1, 0.15) is 0 Å². The van der Waals surface area contributed by atoms with Crippen LogP contribution in [0.1, 0.15) is 96.8 Å². The smallest absolute Gasteiger partial charge is 0.0880 e. The summed E-state index contributed by atoms with van der Waals surface area (Å²) < 4.78 is 1.17. The van der Waals surface area contributed by atoms with Gasteiger partial charge in [-0.25, -0.2) is 0 Å². The van der Waals surface area contributed by atoms with Crippen molar-refractivity contribution in [1.29, 1.82) is 0 Å². The average molecular weight is 413 g/mol. The predicted molar refractivity (Wildman–Crippen MR) is 106 cm³/mol. The summed E-state index contributed by atoms with van der Waals surface area (Å²) in [6.07, 6.45) is 20.3. The standard InChI is InChI=1S/C20H43BrN.ClH/c1-4-5-6-7-8-9-10-11-12-13-14-15-16-17-19-22(2,3)20-18-21;/h4-20H2,1-3H3;1H/q+1;/p-1. The van der Waals surface area contributed by atoms with E-state index in [4.69, 9.17) is 0 Å². The van der Waals surface area contributed by atoms with Crippen molar-refractivity contribution in [3.05, 3.63) is 0 Å². The number of hydrogen-bond acceptors (Lipinski definition) is 0. The molecule has 0 saturated carbocycles. The zero-order valence-electron chi connectivity index (χ0n) is 16.2. The highest BCUT2D eigenvalue weighted by molar-refractivity contribution is 9.09. The third kappa shape index (κ3) is 20.7. The molecule has 0 atom stereocenters. The molecule has 23 heavy (non-hydrogen) atoms. The van der Waals surface area contributed by atoms with Crippen LogP contribution in [0.2, 0.25) is 0 Å². The van der Waals surface area contributed by atoms with Crippen molar-refractivity contribution in [2.24, 2.45) is 0 Å². The number of quaternary nitrogens is 1. The SMILES string of the molecule is CCCCCCCCCCCCCCCC[N+](C)(C)CCBr.[Cl-]. The molecule has 0 saturated heterocycles. The molecule has 0 fully saturated rings. The van der Waals surface area contributed by atoms with Crippen molar-refractivity contribution in [2.75, 3.05) is 32.5 Å². The second kappa shape index (κ2) is 19.1. The molecule has 0 aliphatic heterocycles. The van der Waals surface area contributed by atoms with E-state index in [-0.39, 0.29) is 12.4 Å². The van der Waals surface area contributed by atoms with Crippen molar-refractivity contribution in [3.63, 3.8) is 0 Å². The minimum atomic E-state index is 0. The molecule has 0 aromatic carbocycles. The minimum Gasteiger partial charge on any atom is -1.00 e. The van der Waals surface area contributed by atoms with E-state index in [2.05, 4.69) is 36.9 Å². The predicted octanol–water partition coefficient (Wildman–Crippen LogP) is 3.94. The summed E-state index contributed by atoms with van der Waals surface area (Å²) in [6.45, 7) is 4.88. The highest BCUT2D eigenvalue weighted by Gasteiger charge is 2.12. The average Bonchev–Trinajstić information content (AvgIpc) is 2.47. The summed E-state index contributed by atoms with van der Waals surface area (Å²) in [5.74, 6) is 0. The molecule has 0 radical (unpaired) electrons. The first-order valence-corrected chi connectivity index (χ1v) is 11.1. The highest BCUT2D eigenvalue weighted by Crippen LogP contribution is 2.13. The normalized spacial score (nSPS) is 11.5. The molecule has 0 aromatic heterocycles. The van der Waals surface area contributed by atoms with Crippen LogP contribution in [0.3, 0.4) is 0 Å². The van der Waals surface area contributed by atoms with E-state index in [0.717, 1.165) is 5.33 Å². The number of rotatable bonds is 17. The van der Waals surface area contributed by atoms with Crippen molar-refractivity contribution >= 4 is 15.9 Å². The van der Waals surface area contributed by atoms with Gasteiger partial charge >= 0.3 is 0 Å². The minimum absolute atomic E-state index is 0. The fourth-order valence-electron chi connectivity index (χ4n) is 3.07. The molecular weight excluding hydrogens is 370 g/mol. The number of hydrogen-bond donors (Lipinski definition) is 0. The van der Waals surface area contributed by atoms with Crippen LogP contribution in [0.15, 0.2) is 0 Å². The Balaban J connectivity index is 0. The van der Waals surface area contributed by atoms with Gasteiger partial charge in [-0.15, -0.1) is 0 Å². The van der Waals surface area contributed by atoms with Crippen LogP contribution in [0, 0.1) is 0 Å². The molecule has 0 heterocycles. The monoisotopic (exact) mass is 411 g/mol. The van der Waals surface area contributed by atoms with E-state index in [0.29, 0.717) is 0 Å². The Labute approximate surface area is 162 Å². The van der Waals surface area contributed by atoms with Gasteiger partial charge in [0.2, 0.25) is 0 Å². The van der Waals surface area contributed by atoms with E-state index >= 15 is 0 Å². The summed E-state index contributed by atoms with van der Waals surface area (Å²) >= 11 is 3.55. The number of alkyl halides is 1. The van der Waals surface area contributed by atoms with Gasteiger partial charge in [0.15, 0.2) is 0 Å². The lowest BCUT2D eigenvalue weighted by molar-refractivity contribution is -0.887. The molecule has 0 spiro atoms. The molecule has 1 nitrogen and oxygen atoms in total. The summed E-state index contributed by atoms with van der Waals surface area (Å²) in [4.78, 5) is 0. The van der Waals surface area contributed by atoms with E-state index in [1.807, 2.05) is 0 Å². The first kappa shape index (κ1) is 26.0. The second-order valence-corrected chi connectivity index (χ2v) is 8.46. The van der Waals surface area contributed by atoms with E-state index in [1.54, 1.807) is 0 Å². The second-order valence-electron chi connectivity index (χ2n) is 7.67. The first-order valence-electron chi connectivity index (χ1n) is 10.0. The number of nitrogens with zero attached hydrogens (tertiary/aromatic N) is 1. The van der Waals surface area contributed by atoms with E-state index in [9.17, 15) is 0 Å². The van der Waals surface area contributed by atoms with Gasteiger partial charge < -0.3 is 16.9 Å². The molecule has 0 aromatic rings. The van der Waals surface area contributed by atoms with Crippen molar-refractivity contribution in [1.82, 2.24) is 0 Å². The number of unbranched alkanes of at least 4 members (excludes halogenated alkanes) is 13. The van der Waals surface area contributed by atoms with Gasteiger partial charge in [-0.3, -0.25) is 0 Å². The lowest BCUT2D eigenvalue weighted by Crippen LogP contribution is -3.00. The van der Waals surface area contributed by atoms with Crippen molar-refractivity contribution < 1.29 is 16.9 Å². The Kier molecular flexibility index (Phi) is 21.5. The maximum absolute atomic E-state index is 3.55. The quantitative estimate of drug-likeness (QED) is 0.193. The Hall–Kier alpha value is 0.730. The molecule has 3 heteroatoms. The van der Waals surface area contributed by atoms with Crippen LogP contribution >= 0.6 is 15.9 Å². The molecule has 0 rings (SSSR count). The van der Waals surface area contributed by atoms with Gasteiger partial charge in [-0.2, -0.15) is 0 Å². The van der Waals surface area contributed by atoms with Crippen LogP contribution in [0.4, 0.5) is 0 Å². The van der Waals surface area contributed by atoms with E-state index in [1.165, 1.54) is 107 Å². The maximum atomic E-state index is 3.55. The Morgan fingerprint density at radius 3 is 1.26 bits per heavy atom. The Morgan fingerprint density at radius 2 is 0.913 bits per heavy atom. The zero-order valence-corrected chi connectivity index (χ0v) is 18.6. The van der Waals surface area contributed by atoms with Crippen LogP contribution in [0.5, 0.6) is 0 Å². The molecule has 0 aliphatic carbocycles. The van der Waals surface area contributed by atoms with Gasteiger partial charge in [-0.1, -0.05) is 99.9 Å². The lowest BCUT2D eigenvalue weighted by Gasteiger charge is -2.29. The number of halogens is 2. The van der Waals surface area contributed by atoms with Crippen molar-refractivity contribution in [2.45, 2.75) is 96.8 Å². The van der Waals surface area contributed by atoms with Gasteiger partial charge in [0.25, 0.3) is 0 Å². The van der Waals surface area contributed by atoms with Gasteiger partial charge in [0.05, 0.1) is 32.5 Å². The third-order valence-electron chi connectivity index (χ3n) is 4.81. The maximum Gasteiger partial charge on any atom is 0.0880 e. The molecule has 0 unspecified atom stereocenters. The fraction of sp³-hybridized carbons (Fsp3) is 1.00. The summed E-state index contributed by atoms with van der Waals surface area (Å²) in [5, 5.41) is 1.12. The third-order valence-corrected chi connectivity index (χ3v) is 5.16. The Bertz CT molecular complexity index is 222. The topological polar surface area (TPSA) is 0 Å². The molecule has 142 valence electrons. The lowest BCUT2D eigenvalue weighted by atomic mass is 10.0. The molecule has 0 bridgehead atoms. The molecule has 0 amide bonds. The van der Waals surface area contributed by atoms with Gasteiger partial charge in [-0.05, 0) is 12.8 Å². The zero-order chi connectivity index (χ0) is 16.5. The summed E-state index contributed by atoms with van der Waals surface area (Å²) in [6, 6.07) is 0. The van der Waals surface area contributed by atoms with Crippen molar-refractivity contribution in [3.8, 4) is 0 Å². The van der Waals surface area contributed by atoms with Crippen LogP contribution in [-0.4, -0.2) is 37.0 Å². The molecule has 0 N–H and O–H groups in total. The Morgan fingerprint density at radius 1 is 0.565 bits per heavy atom. The fourth-order valence-corrected chi connectivity index (χ4v) is 4.04. The van der Waals surface area contributed by atoms with E-state index < -0.39 is 0 Å². The van der Waals surface area contributed by atoms with Crippen LogP contribution in [-0.2, 0) is 0 Å². The van der Waals surface area contributed by atoms with Gasteiger partial charge in [0, 0.05) is 0 Å². The largest absolute Gasteiger partial charge is 1.00 e. The van der Waals surface area contributed by atoms with Crippen LogP contribution < -0.4 is 12.4 Å². The summed E-state index contributed by atoms with van der Waals surface area (Å²) in [5.41, 5.74) is 0.